The van der Waals surface area contributed by atoms with Gasteiger partial charge in [0.25, 0.3) is 6.47 Å². The number of aromatic amines is 1. The van der Waals surface area contributed by atoms with Gasteiger partial charge in [0.15, 0.2) is 0 Å². The van der Waals surface area contributed by atoms with Crippen molar-refractivity contribution >= 4 is 6.47 Å². The maximum Gasteiger partial charge on any atom is 0.418 e. The molecule has 1 N–H and O–H groups in total. The molecule has 1 rings (SSSR count). The Bertz CT molecular complexity index is 306. The molecule has 0 bridgehead atoms. The summed E-state index contributed by atoms with van der Waals surface area (Å²) in [6.07, 6.45) is -2.18. The monoisotopic (exact) mass is 207 g/mol. The van der Waals surface area contributed by atoms with E-state index < -0.39 is 11.7 Å². The molecule has 0 aliphatic carbocycles. The van der Waals surface area contributed by atoms with E-state index in [2.05, 4.69) is 9.72 Å². The quantitative estimate of drug-likeness (QED) is 0.603. The second kappa shape index (κ2) is 4.17. The van der Waals surface area contributed by atoms with Crippen LogP contribution in [0.4, 0.5) is 13.2 Å². The average molecular weight is 207 g/mol. The van der Waals surface area contributed by atoms with Gasteiger partial charge in [-0.1, -0.05) is 0 Å². The molecule has 0 unspecified atom stereocenters. The van der Waals surface area contributed by atoms with Crippen molar-refractivity contribution in [3.8, 4) is 0 Å². The van der Waals surface area contributed by atoms with Crippen LogP contribution in [0.25, 0.3) is 0 Å². The van der Waals surface area contributed by atoms with E-state index >= 15 is 0 Å². The number of ether oxygens (including phenoxy) is 1. The largest absolute Gasteiger partial charge is 0.468 e. The van der Waals surface area contributed by atoms with Crippen molar-refractivity contribution in [2.45, 2.75) is 12.6 Å². The standard InChI is InChI=1S/C8H8F3NO2/c9-8(10,11)7-4-12-3-6(7)1-2-14-5-13/h3-5,12H,1-2H2. The lowest BCUT2D eigenvalue weighted by Gasteiger charge is -2.06. The van der Waals surface area contributed by atoms with Crippen LogP contribution in [-0.2, 0) is 22.1 Å². The predicted molar refractivity (Wildman–Crippen MR) is 41.5 cm³/mol. The molecule has 0 saturated heterocycles. The molecule has 0 saturated carbocycles. The summed E-state index contributed by atoms with van der Waals surface area (Å²) in [6, 6.07) is 0. The number of H-pyrrole nitrogens is 1. The Kier molecular flexibility index (Phi) is 3.16. The highest BCUT2D eigenvalue weighted by atomic mass is 19.4. The summed E-state index contributed by atoms with van der Waals surface area (Å²) in [5.41, 5.74) is -0.619. The zero-order valence-electron chi connectivity index (χ0n) is 7.10. The number of halogens is 3. The van der Waals surface area contributed by atoms with Crippen molar-refractivity contribution in [1.29, 1.82) is 0 Å². The normalized spacial score (nSPS) is 11.4. The number of nitrogens with one attached hydrogen (secondary N) is 1. The highest BCUT2D eigenvalue weighted by molar-refractivity contribution is 5.37. The number of aromatic nitrogens is 1. The molecule has 0 aliphatic heterocycles. The predicted octanol–water partition coefficient (Wildman–Crippen LogP) is 1.75. The topological polar surface area (TPSA) is 42.1 Å². The summed E-state index contributed by atoms with van der Waals surface area (Å²) >= 11 is 0. The lowest BCUT2D eigenvalue weighted by atomic mass is 10.1. The molecule has 0 aliphatic rings. The van der Waals surface area contributed by atoms with Crippen LogP contribution in [0.3, 0.4) is 0 Å². The molecule has 0 spiro atoms. The fourth-order valence-corrected chi connectivity index (χ4v) is 1.08. The molecule has 0 radical (unpaired) electrons. The second-order valence-corrected chi connectivity index (χ2v) is 2.61. The van der Waals surface area contributed by atoms with Gasteiger partial charge in [-0.15, -0.1) is 0 Å². The van der Waals surface area contributed by atoms with Crippen molar-refractivity contribution in [2.24, 2.45) is 0 Å². The summed E-state index contributed by atoms with van der Waals surface area (Å²) in [5.74, 6) is 0. The SMILES string of the molecule is O=COCCc1c[nH]cc1C(F)(F)F. The number of rotatable bonds is 4. The minimum Gasteiger partial charge on any atom is -0.468 e. The van der Waals surface area contributed by atoms with E-state index in [1.165, 1.54) is 6.20 Å². The van der Waals surface area contributed by atoms with Gasteiger partial charge in [-0.25, -0.2) is 0 Å². The number of carbonyl (C=O) groups excluding carboxylic acids is 1. The number of hydrogen-bond acceptors (Lipinski definition) is 2. The third-order valence-corrected chi connectivity index (χ3v) is 1.69. The van der Waals surface area contributed by atoms with Gasteiger partial charge < -0.3 is 9.72 Å². The van der Waals surface area contributed by atoms with Crippen LogP contribution in [0.2, 0.25) is 0 Å². The van der Waals surface area contributed by atoms with Crippen LogP contribution in [0.5, 0.6) is 0 Å². The molecule has 3 nitrogen and oxygen atoms in total. The zero-order valence-corrected chi connectivity index (χ0v) is 7.10. The first kappa shape index (κ1) is 10.6. The number of hydrogen-bond donors (Lipinski definition) is 1. The second-order valence-electron chi connectivity index (χ2n) is 2.61. The molecule has 1 aromatic heterocycles. The van der Waals surface area contributed by atoms with Crippen LogP contribution in [0.1, 0.15) is 11.1 Å². The Morgan fingerprint density at radius 2 is 2.14 bits per heavy atom. The van der Waals surface area contributed by atoms with Gasteiger partial charge in [0, 0.05) is 18.8 Å². The Labute approximate surface area is 77.9 Å². The number of alkyl halides is 3. The first-order chi connectivity index (χ1) is 6.55. The van der Waals surface area contributed by atoms with Gasteiger partial charge in [0.1, 0.15) is 0 Å². The van der Waals surface area contributed by atoms with Gasteiger partial charge in [-0.3, -0.25) is 4.79 Å². The molecular formula is C8H8F3NO2. The lowest BCUT2D eigenvalue weighted by molar-refractivity contribution is -0.138. The van der Waals surface area contributed by atoms with Crippen molar-refractivity contribution < 1.29 is 22.7 Å². The molecule has 0 atom stereocenters. The molecule has 14 heavy (non-hydrogen) atoms. The van der Waals surface area contributed by atoms with Crippen LogP contribution < -0.4 is 0 Å². The lowest BCUT2D eigenvalue weighted by Crippen LogP contribution is -2.08. The molecule has 6 heteroatoms. The summed E-state index contributed by atoms with van der Waals surface area (Å²) in [5, 5.41) is 0. The van der Waals surface area contributed by atoms with E-state index in [0.717, 1.165) is 6.20 Å². The van der Waals surface area contributed by atoms with Crippen LogP contribution in [0.15, 0.2) is 12.4 Å². The first-order valence-electron chi connectivity index (χ1n) is 3.84. The fraction of sp³-hybridized carbons (Fsp3) is 0.375. The van der Waals surface area contributed by atoms with E-state index in [0.29, 0.717) is 0 Å². The fourth-order valence-electron chi connectivity index (χ4n) is 1.08. The highest BCUT2D eigenvalue weighted by Crippen LogP contribution is 2.31. The van der Waals surface area contributed by atoms with Crippen LogP contribution in [0, 0.1) is 0 Å². The molecule has 0 aromatic carbocycles. The Morgan fingerprint density at radius 1 is 1.43 bits per heavy atom. The van der Waals surface area contributed by atoms with Crippen molar-refractivity contribution in [3.05, 3.63) is 23.5 Å². The van der Waals surface area contributed by atoms with Crippen molar-refractivity contribution in [2.75, 3.05) is 6.61 Å². The van der Waals surface area contributed by atoms with Crippen LogP contribution >= 0.6 is 0 Å². The Morgan fingerprint density at radius 3 is 2.71 bits per heavy atom. The van der Waals surface area contributed by atoms with Gasteiger partial charge in [-0.05, 0) is 5.56 Å². The maximum atomic E-state index is 12.3. The van der Waals surface area contributed by atoms with E-state index in [1.807, 2.05) is 0 Å². The van der Waals surface area contributed by atoms with Gasteiger partial charge in [0.2, 0.25) is 0 Å². The minimum absolute atomic E-state index is 0.0512. The summed E-state index contributed by atoms with van der Waals surface area (Å²) in [4.78, 5) is 12.1. The summed E-state index contributed by atoms with van der Waals surface area (Å²) in [7, 11) is 0. The third-order valence-electron chi connectivity index (χ3n) is 1.69. The van der Waals surface area contributed by atoms with E-state index in [1.54, 1.807) is 0 Å². The summed E-state index contributed by atoms with van der Waals surface area (Å²) < 4.78 is 41.1. The van der Waals surface area contributed by atoms with E-state index in [-0.39, 0.29) is 25.1 Å². The smallest absolute Gasteiger partial charge is 0.418 e. The van der Waals surface area contributed by atoms with Crippen LogP contribution in [-0.4, -0.2) is 18.1 Å². The van der Waals surface area contributed by atoms with Gasteiger partial charge in [0.05, 0.1) is 12.2 Å². The van der Waals surface area contributed by atoms with Crippen molar-refractivity contribution in [1.82, 2.24) is 4.98 Å². The first-order valence-corrected chi connectivity index (χ1v) is 3.84. The summed E-state index contributed by atoms with van der Waals surface area (Å²) in [6.45, 7) is 0.157. The number of carbonyl (C=O) groups is 1. The molecule has 1 aromatic rings. The molecule has 0 fully saturated rings. The van der Waals surface area contributed by atoms with E-state index in [4.69, 9.17) is 0 Å². The molecule has 0 amide bonds. The van der Waals surface area contributed by atoms with Gasteiger partial charge >= 0.3 is 6.18 Å². The van der Waals surface area contributed by atoms with Crippen molar-refractivity contribution in [3.63, 3.8) is 0 Å². The Hall–Kier alpha value is -1.46. The highest BCUT2D eigenvalue weighted by Gasteiger charge is 2.33. The zero-order chi connectivity index (χ0) is 10.6. The third kappa shape index (κ3) is 2.51. The minimum atomic E-state index is -4.36. The molecule has 78 valence electrons. The van der Waals surface area contributed by atoms with Gasteiger partial charge in [-0.2, -0.15) is 13.2 Å². The molecular weight excluding hydrogens is 199 g/mol. The maximum absolute atomic E-state index is 12.3. The van der Waals surface area contributed by atoms with E-state index in [9.17, 15) is 18.0 Å². The Balaban J connectivity index is 2.68. The average Bonchev–Trinajstić information content (AvgIpc) is 2.52. The molecule has 1 heterocycles.